The van der Waals surface area contributed by atoms with Crippen molar-refractivity contribution in [3.8, 4) is 0 Å². The second-order valence-corrected chi connectivity index (χ2v) is 3.84. The molecule has 1 rings (SSSR count). The highest BCUT2D eigenvalue weighted by Gasteiger charge is 2.13. The first-order valence-corrected chi connectivity index (χ1v) is 5.50. The molecule has 1 atom stereocenters. The van der Waals surface area contributed by atoms with Gasteiger partial charge in [-0.05, 0) is 24.6 Å². The molecule has 0 saturated carbocycles. The van der Waals surface area contributed by atoms with Crippen LogP contribution in [-0.4, -0.2) is 25.7 Å². The lowest BCUT2D eigenvalue weighted by atomic mass is 10.2. The smallest absolute Gasteiger partial charge is 0.237 e. The SMILES string of the molecule is COCCC(N)C(=O)NCc1cc(F)ccc1F. The molecule has 0 spiro atoms. The van der Waals surface area contributed by atoms with Gasteiger partial charge < -0.3 is 15.8 Å². The Bertz CT molecular complexity index is 413. The number of halogens is 2. The van der Waals surface area contributed by atoms with Crippen molar-refractivity contribution in [1.29, 1.82) is 0 Å². The first-order valence-electron chi connectivity index (χ1n) is 5.50. The largest absolute Gasteiger partial charge is 0.385 e. The molecule has 0 radical (unpaired) electrons. The highest BCUT2D eigenvalue weighted by atomic mass is 19.1. The Morgan fingerprint density at radius 2 is 2.22 bits per heavy atom. The standard InChI is InChI=1S/C12H16F2N2O2/c1-18-5-4-11(15)12(17)16-7-8-6-9(13)2-3-10(8)14/h2-3,6,11H,4-5,7,15H2,1H3,(H,16,17). The van der Waals surface area contributed by atoms with E-state index < -0.39 is 23.6 Å². The molecule has 3 N–H and O–H groups in total. The Morgan fingerprint density at radius 3 is 2.89 bits per heavy atom. The molecule has 1 unspecified atom stereocenters. The monoisotopic (exact) mass is 258 g/mol. The summed E-state index contributed by atoms with van der Waals surface area (Å²) in [4.78, 5) is 11.5. The summed E-state index contributed by atoms with van der Waals surface area (Å²) in [6.07, 6.45) is 0.369. The van der Waals surface area contributed by atoms with E-state index in [-0.39, 0.29) is 12.1 Å². The number of nitrogens with two attached hydrogens (primary N) is 1. The van der Waals surface area contributed by atoms with Gasteiger partial charge in [0.25, 0.3) is 0 Å². The number of hydrogen-bond acceptors (Lipinski definition) is 3. The topological polar surface area (TPSA) is 64.3 Å². The summed E-state index contributed by atoms with van der Waals surface area (Å²) < 4.78 is 30.9. The number of nitrogens with one attached hydrogen (secondary N) is 1. The molecule has 4 nitrogen and oxygen atoms in total. The van der Waals surface area contributed by atoms with Gasteiger partial charge in [-0.1, -0.05) is 0 Å². The van der Waals surface area contributed by atoms with Gasteiger partial charge in [0.2, 0.25) is 5.91 Å². The molecular weight excluding hydrogens is 242 g/mol. The minimum atomic E-state index is -0.721. The van der Waals surface area contributed by atoms with E-state index >= 15 is 0 Å². The summed E-state index contributed by atoms with van der Waals surface area (Å²) in [6.45, 7) is 0.270. The Hall–Kier alpha value is -1.53. The third kappa shape index (κ3) is 4.38. The maximum Gasteiger partial charge on any atom is 0.237 e. The molecule has 1 amide bonds. The van der Waals surface area contributed by atoms with Gasteiger partial charge in [0.05, 0.1) is 6.04 Å². The molecule has 18 heavy (non-hydrogen) atoms. The summed E-state index contributed by atoms with van der Waals surface area (Å²) in [5.41, 5.74) is 5.66. The average molecular weight is 258 g/mol. The van der Waals surface area contributed by atoms with Gasteiger partial charge in [-0.3, -0.25) is 4.79 Å². The molecule has 1 aromatic rings. The lowest BCUT2D eigenvalue weighted by Crippen LogP contribution is -2.41. The average Bonchev–Trinajstić information content (AvgIpc) is 2.36. The van der Waals surface area contributed by atoms with E-state index in [1.807, 2.05) is 0 Å². The molecule has 1 aromatic carbocycles. The highest BCUT2D eigenvalue weighted by molar-refractivity contribution is 5.81. The van der Waals surface area contributed by atoms with Crippen molar-refractivity contribution < 1.29 is 18.3 Å². The van der Waals surface area contributed by atoms with E-state index in [4.69, 9.17) is 10.5 Å². The minimum absolute atomic E-state index is 0.0855. The molecule has 6 heteroatoms. The highest BCUT2D eigenvalue weighted by Crippen LogP contribution is 2.09. The quantitative estimate of drug-likeness (QED) is 0.798. The van der Waals surface area contributed by atoms with Gasteiger partial charge >= 0.3 is 0 Å². The van der Waals surface area contributed by atoms with Crippen molar-refractivity contribution in [1.82, 2.24) is 5.32 Å². The van der Waals surface area contributed by atoms with Crippen LogP contribution in [0, 0.1) is 11.6 Å². The predicted molar refractivity (Wildman–Crippen MR) is 62.7 cm³/mol. The first kappa shape index (κ1) is 14.5. The second kappa shape index (κ2) is 7.03. The third-order valence-electron chi connectivity index (χ3n) is 2.43. The minimum Gasteiger partial charge on any atom is -0.385 e. The van der Waals surface area contributed by atoms with Gasteiger partial charge in [0.15, 0.2) is 0 Å². The lowest BCUT2D eigenvalue weighted by molar-refractivity contribution is -0.122. The molecule has 0 bridgehead atoms. The van der Waals surface area contributed by atoms with Crippen LogP contribution in [0.15, 0.2) is 18.2 Å². The van der Waals surface area contributed by atoms with E-state index in [0.29, 0.717) is 13.0 Å². The lowest BCUT2D eigenvalue weighted by Gasteiger charge is -2.12. The van der Waals surface area contributed by atoms with Crippen molar-refractivity contribution in [2.75, 3.05) is 13.7 Å². The van der Waals surface area contributed by atoms with Gasteiger partial charge in [-0.15, -0.1) is 0 Å². The number of hydrogen-bond donors (Lipinski definition) is 2. The molecule has 100 valence electrons. The Morgan fingerprint density at radius 1 is 1.50 bits per heavy atom. The molecule has 0 aliphatic carbocycles. The maximum atomic E-state index is 13.3. The number of rotatable bonds is 6. The molecule has 0 aromatic heterocycles. The van der Waals surface area contributed by atoms with Crippen molar-refractivity contribution in [3.63, 3.8) is 0 Å². The van der Waals surface area contributed by atoms with Crippen molar-refractivity contribution >= 4 is 5.91 Å². The molecule has 0 aliphatic rings. The zero-order chi connectivity index (χ0) is 13.5. The number of ether oxygens (including phenoxy) is 1. The summed E-state index contributed by atoms with van der Waals surface area (Å²) in [6, 6.07) is 2.35. The van der Waals surface area contributed by atoms with Crippen LogP contribution >= 0.6 is 0 Å². The molecule has 0 fully saturated rings. The fourth-order valence-electron chi connectivity index (χ4n) is 1.37. The number of benzene rings is 1. The fraction of sp³-hybridized carbons (Fsp3) is 0.417. The number of carbonyl (C=O) groups is 1. The first-order chi connectivity index (χ1) is 8.54. The van der Waals surface area contributed by atoms with E-state index in [9.17, 15) is 13.6 Å². The van der Waals surface area contributed by atoms with Crippen LogP contribution in [0.25, 0.3) is 0 Å². The fourth-order valence-corrected chi connectivity index (χ4v) is 1.37. The zero-order valence-electron chi connectivity index (χ0n) is 10.1. The maximum absolute atomic E-state index is 13.3. The normalized spacial score (nSPS) is 12.2. The van der Waals surface area contributed by atoms with Gasteiger partial charge in [-0.2, -0.15) is 0 Å². The summed E-state index contributed by atoms with van der Waals surface area (Å²) >= 11 is 0. The zero-order valence-corrected chi connectivity index (χ0v) is 10.1. The van der Waals surface area contributed by atoms with Crippen molar-refractivity contribution in [2.24, 2.45) is 5.73 Å². The van der Waals surface area contributed by atoms with Crippen LogP contribution in [-0.2, 0) is 16.1 Å². The van der Waals surface area contributed by atoms with Crippen molar-refractivity contribution in [2.45, 2.75) is 19.0 Å². The number of methoxy groups -OCH3 is 1. The van der Waals surface area contributed by atoms with E-state index in [0.717, 1.165) is 18.2 Å². The summed E-state index contributed by atoms with van der Waals surface area (Å²) in [5, 5.41) is 2.45. The van der Waals surface area contributed by atoms with Gasteiger partial charge in [-0.25, -0.2) is 8.78 Å². The van der Waals surface area contributed by atoms with Gasteiger partial charge in [0, 0.05) is 25.8 Å². The van der Waals surface area contributed by atoms with Crippen LogP contribution in [0.3, 0.4) is 0 Å². The molecular formula is C12H16F2N2O2. The predicted octanol–water partition coefficient (Wildman–Crippen LogP) is 0.945. The Balaban J connectivity index is 2.49. The Kier molecular flexibility index (Phi) is 5.67. The second-order valence-electron chi connectivity index (χ2n) is 3.84. The Labute approximate surface area is 104 Å². The van der Waals surface area contributed by atoms with Crippen LogP contribution in [0.2, 0.25) is 0 Å². The van der Waals surface area contributed by atoms with Crippen molar-refractivity contribution in [3.05, 3.63) is 35.4 Å². The molecule has 0 saturated heterocycles. The van der Waals surface area contributed by atoms with E-state index in [1.54, 1.807) is 0 Å². The van der Waals surface area contributed by atoms with Crippen LogP contribution < -0.4 is 11.1 Å². The van der Waals surface area contributed by atoms with E-state index in [1.165, 1.54) is 7.11 Å². The van der Waals surface area contributed by atoms with Gasteiger partial charge in [0.1, 0.15) is 11.6 Å². The summed E-state index contributed by atoms with van der Waals surface area (Å²) in [7, 11) is 1.51. The van der Waals surface area contributed by atoms with Crippen LogP contribution in [0.1, 0.15) is 12.0 Å². The molecule has 0 aliphatic heterocycles. The number of amides is 1. The number of carbonyl (C=O) groups excluding carboxylic acids is 1. The summed E-state index contributed by atoms with van der Waals surface area (Å²) in [5.74, 6) is -1.54. The van der Waals surface area contributed by atoms with Crippen LogP contribution in [0.4, 0.5) is 8.78 Å². The van der Waals surface area contributed by atoms with Crippen LogP contribution in [0.5, 0.6) is 0 Å². The molecule has 0 heterocycles. The third-order valence-corrected chi connectivity index (χ3v) is 2.43. The van der Waals surface area contributed by atoms with E-state index in [2.05, 4.69) is 5.32 Å².